The Bertz CT molecular complexity index is 330. The van der Waals surface area contributed by atoms with Crippen molar-refractivity contribution in [3.05, 3.63) is 26.6 Å². The van der Waals surface area contributed by atoms with E-state index in [1.54, 1.807) is 0 Å². The summed E-state index contributed by atoms with van der Waals surface area (Å²) in [6.07, 6.45) is 4.78. The van der Waals surface area contributed by atoms with Crippen LogP contribution in [0.25, 0.3) is 0 Å². The molecule has 2 nitrogen and oxygen atoms in total. The standard InChI is InChI=1S/C13H18Br2O2/c1-2-3-4-5-6-17-13-11(14)7-10(9-16)8-12(13)15/h7-8,16H,2-6,9H2,1H3. The second-order valence-electron chi connectivity index (χ2n) is 3.96. The van der Waals surface area contributed by atoms with Crippen LogP contribution in [-0.4, -0.2) is 11.7 Å². The van der Waals surface area contributed by atoms with E-state index in [1.807, 2.05) is 12.1 Å². The average molecular weight is 366 g/mol. The number of halogens is 2. The van der Waals surface area contributed by atoms with Gasteiger partial charge in [-0.2, -0.15) is 0 Å². The lowest BCUT2D eigenvalue weighted by atomic mass is 10.2. The normalized spacial score (nSPS) is 10.6. The molecular weight excluding hydrogens is 348 g/mol. The minimum absolute atomic E-state index is 0.0357. The molecule has 4 heteroatoms. The van der Waals surface area contributed by atoms with Crippen molar-refractivity contribution in [2.75, 3.05) is 6.61 Å². The lowest BCUT2D eigenvalue weighted by molar-refractivity contribution is 0.280. The molecular formula is C13H18Br2O2. The van der Waals surface area contributed by atoms with Gasteiger partial charge in [0.05, 0.1) is 22.2 Å². The minimum atomic E-state index is 0.0357. The van der Waals surface area contributed by atoms with Gasteiger partial charge < -0.3 is 9.84 Å². The molecule has 0 aromatic heterocycles. The molecule has 0 saturated heterocycles. The van der Waals surface area contributed by atoms with Gasteiger partial charge in [-0.1, -0.05) is 26.2 Å². The van der Waals surface area contributed by atoms with Crippen molar-refractivity contribution in [3.8, 4) is 5.75 Å². The zero-order chi connectivity index (χ0) is 12.7. The average Bonchev–Trinajstić information content (AvgIpc) is 2.31. The van der Waals surface area contributed by atoms with E-state index >= 15 is 0 Å². The number of ether oxygens (including phenoxy) is 1. The maximum atomic E-state index is 9.07. The zero-order valence-corrected chi connectivity index (χ0v) is 13.2. The molecule has 1 rings (SSSR count). The molecule has 0 heterocycles. The highest BCUT2D eigenvalue weighted by atomic mass is 79.9. The SMILES string of the molecule is CCCCCCOc1c(Br)cc(CO)cc1Br. The lowest BCUT2D eigenvalue weighted by Gasteiger charge is -2.11. The fraction of sp³-hybridized carbons (Fsp3) is 0.538. The van der Waals surface area contributed by atoms with E-state index in [1.165, 1.54) is 19.3 Å². The summed E-state index contributed by atoms with van der Waals surface area (Å²) in [5.74, 6) is 0.818. The fourth-order valence-electron chi connectivity index (χ4n) is 1.54. The van der Waals surface area contributed by atoms with Crippen LogP contribution in [0.1, 0.15) is 38.2 Å². The van der Waals surface area contributed by atoms with E-state index in [-0.39, 0.29) is 6.61 Å². The van der Waals surface area contributed by atoms with Crippen molar-refractivity contribution in [1.82, 2.24) is 0 Å². The number of benzene rings is 1. The highest BCUT2D eigenvalue weighted by Crippen LogP contribution is 2.34. The van der Waals surface area contributed by atoms with E-state index in [0.29, 0.717) is 0 Å². The van der Waals surface area contributed by atoms with Gasteiger partial charge in [0, 0.05) is 0 Å². The van der Waals surface area contributed by atoms with Gasteiger partial charge in [0.25, 0.3) is 0 Å². The summed E-state index contributed by atoms with van der Waals surface area (Å²) in [4.78, 5) is 0. The molecule has 0 bridgehead atoms. The molecule has 0 unspecified atom stereocenters. The smallest absolute Gasteiger partial charge is 0.147 e. The molecule has 0 aliphatic carbocycles. The van der Waals surface area contributed by atoms with Crippen molar-refractivity contribution < 1.29 is 9.84 Å². The Morgan fingerprint density at radius 1 is 1.12 bits per heavy atom. The first-order valence-corrected chi connectivity index (χ1v) is 7.49. The molecule has 0 radical (unpaired) electrons. The summed E-state index contributed by atoms with van der Waals surface area (Å²) in [5, 5.41) is 9.07. The van der Waals surface area contributed by atoms with Gasteiger partial charge in [0.1, 0.15) is 5.75 Å². The van der Waals surface area contributed by atoms with Crippen LogP contribution in [0.3, 0.4) is 0 Å². The highest BCUT2D eigenvalue weighted by molar-refractivity contribution is 9.11. The van der Waals surface area contributed by atoms with Gasteiger partial charge in [0.15, 0.2) is 0 Å². The summed E-state index contributed by atoms with van der Waals surface area (Å²) in [6, 6.07) is 3.76. The Balaban J connectivity index is 2.53. The Morgan fingerprint density at radius 2 is 1.76 bits per heavy atom. The van der Waals surface area contributed by atoms with Crippen molar-refractivity contribution in [1.29, 1.82) is 0 Å². The molecule has 0 amide bonds. The minimum Gasteiger partial charge on any atom is -0.491 e. The Hall–Kier alpha value is -0.0600. The molecule has 0 fully saturated rings. The topological polar surface area (TPSA) is 29.5 Å². The molecule has 0 saturated carbocycles. The van der Waals surface area contributed by atoms with Crippen LogP contribution < -0.4 is 4.74 Å². The third kappa shape index (κ3) is 4.98. The summed E-state index contributed by atoms with van der Waals surface area (Å²) in [5.41, 5.74) is 0.863. The summed E-state index contributed by atoms with van der Waals surface area (Å²) < 4.78 is 7.50. The number of hydrogen-bond donors (Lipinski definition) is 1. The van der Waals surface area contributed by atoms with Crippen LogP contribution in [0.2, 0.25) is 0 Å². The van der Waals surface area contributed by atoms with Crippen LogP contribution >= 0.6 is 31.9 Å². The first-order chi connectivity index (χ1) is 8.19. The molecule has 0 aliphatic heterocycles. The predicted octanol–water partition coefficient (Wildman–Crippen LogP) is 4.66. The van der Waals surface area contributed by atoms with E-state index in [2.05, 4.69) is 38.8 Å². The monoisotopic (exact) mass is 364 g/mol. The molecule has 0 spiro atoms. The van der Waals surface area contributed by atoms with E-state index in [0.717, 1.165) is 33.3 Å². The second kappa shape index (κ2) is 8.11. The molecule has 0 aliphatic rings. The van der Waals surface area contributed by atoms with Crippen molar-refractivity contribution >= 4 is 31.9 Å². The summed E-state index contributed by atoms with van der Waals surface area (Å²) in [7, 11) is 0. The maximum absolute atomic E-state index is 9.07. The number of hydrogen-bond acceptors (Lipinski definition) is 2. The number of unbranched alkanes of at least 4 members (excludes halogenated alkanes) is 3. The first-order valence-electron chi connectivity index (χ1n) is 5.90. The number of rotatable bonds is 7. The molecule has 0 atom stereocenters. The zero-order valence-electron chi connectivity index (χ0n) is 10.0. The van der Waals surface area contributed by atoms with Gasteiger partial charge in [0.2, 0.25) is 0 Å². The third-order valence-corrected chi connectivity index (χ3v) is 3.66. The largest absolute Gasteiger partial charge is 0.491 e. The van der Waals surface area contributed by atoms with Gasteiger partial charge in [-0.3, -0.25) is 0 Å². The molecule has 1 aromatic carbocycles. The fourth-order valence-corrected chi connectivity index (χ4v) is 3.05. The first kappa shape index (κ1) is 15.0. The number of aliphatic hydroxyl groups is 1. The third-order valence-electron chi connectivity index (χ3n) is 2.48. The summed E-state index contributed by atoms with van der Waals surface area (Å²) >= 11 is 6.91. The van der Waals surface area contributed by atoms with E-state index in [9.17, 15) is 0 Å². The van der Waals surface area contributed by atoms with Gasteiger partial charge in [-0.15, -0.1) is 0 Å². The quantitative estimate of drug-likeness (QED) is 0.712. The van der Waals surface area contributed by atoms with Crippen LogP contribution in [0.15, 0.2) is 21.1 Å². The Labute approximate surface area is 120 Å². The molecule has 17 heavy (non-hydrogen) atoms. The lowest BCUT2D eigenvalue weighted by Crippen LogP contribution is -1.99. The van der Waals surface area contributed by atoms with Crippen LogP contribution in [0.4, 0.5) is 0 Å². The van der Waals surface area contributed by atoms with Crippen LogP contribution in [0.5, 0.6) is 5.75 Å². The van der Waals surface area contributed by atoms with Gasteiger partial charge in [-0.25, -0.2) is 0 Å². The highest BCUT2D eigenvalue weighted by Gasteiger charge is 2.08. The molecule has 1 aromatic rings. The predicted molar refractivity (Wildman–Crippen MR) is 77.4 cm³/mol. The van der Waals surface area contributed by atoms with Gasteiger partial charge in [-0.05, 0) is 56.0 Å². The van der Waals surface area contributed by atoms with E-state index < -0.39 is 0 Å². The number of aliphatic hydroxyl groups excluding tert-OH is 1. The summed E-state index contributed by atoms with van der Waals surface area (Å²) in [6.45, 7) is 2.96. The van der Waals surface area contributed by atoms with Crippen LogP contribution in [0, 0.1) is 0 Å². The van der Waals surface area contributed by atoms with E-state index in [4.69, 9.17) is 9.84 Å². The maximum Gasteiger partial charge on any atom is 0.147 e. The Morgan fingerprint density at radius 3 is 2.29 bits per heavy atom. The second-order valence-corrected chi connectivity index (χ2v) is 5.66. The van der Waals surface area contributed by atoms with Crippen LogP contribution in [-0.2, 0) is 6.61 Å². The van der Waals surface area contributed by atoms with Gasteiger partial charge >= 0.3 is 0 Å². The van der Waals surface area contributed by atoms with Crippen molar-refractivity contribution in [2.24, 2.45) is 0 Å². The van der Waals surface area contributed by atoms with Crippen molar-refractivity contribution in [2.45, 2.75) is 39.2 Å². The van der Waals surface area contributed by atoms with Crippen molar-refractivity contribution in [3.63, 3.8) is 0 Å². The molecule has 96 valence electrons. The molecule has 1 N–H and O–H groups in total. The Kier molecular flexibility index (Phi) is 7.16.